The minimum absolute atomic E-state index is 0.125. The molecule has 0 atom stereocenters. The molecular weight excluding hydrogens is 280 g/mol. The summed E-state index contributed by atoms with van der Waals surface area (Å²) in [4.78, 5) is 25.6. The van der Waals surface area contributed by atoms with Crippen molar-refractivity contribution < 1.29 is 4.92 Å². The Labute approximate surface area is 119 Å². The Hall–Kier alpha value is -2.29. The van der Waals surface area contributed by atoms with Crippen molar-refractivity contribution in [3.05, 3.63) is 32.5 Å². The van der Waals surface area contributed by atoms with Crippen LogP contribution in [-0.2, 0) is 6.54 Å². The standard InChI is InChI=1S/C11H14N6O2S/c1-7-8(20-6-15-7)4-16(3)11-9(17(18)19)10(12-2)13-5-14-11/h5-6H,4H2,1-3H3,(H,12,13,14). The molecule has 0 aromatic carbocycles. The average molecular weight is 294 g/mol. The molecule has 1 N–H and O–H groups in total. The van der Waals surface area contributed by atoms with E-state index in [1.165, 1.54) is 17.7 Å². The zero-order valence-corrected chi connectivity index (χ0v) is 12.1. The summed E-state index contributed by atoms with van der Waals surface area (Å²) >= 11 is 1.52. The highest BCUT2D eigenvalue weighted by atomic mass is 32.1. The Kier molecular flexibility index (Phi) is 4.08. The molecule has 0 bridgehead atoms. The zero-order chi connectivity index (χ0) is 14.7. The van der Waals surface area contributed by atoms with Crippen molar-refractivity contribution in [1.82, 2.24) is 15.0 Å². The van der Waals surface area contributed by atoms with Crippen LogP contribution in [0.25, 0.3) is 0 Å². The van der Waals surface area contributed by atoms with Gasteiger partial charge in [0.15, 0.2) is 0 Å². The van der Waals surface area contributed by atoms with Crippen molar-refractivity contribution in [2.75, 3.05) is 24.3 Å². The highest BCUT2D eigenvalue weighted by Gasteiger charge is 2.25. The van der Waals surface area contributed by atoms with Crippen LogP contribution >= 0.6 is 11.3 Å². The Morgan fingerprint density at radius 3 is 2.75 bits per heavy atom. The van der Waals surface area contributed by atoms with E-state index in [0.29, 0.717) is 6.54 Å². The van der Waals surface area contributed by atoms with Gasteiger partial charge in [0.25, 0.3) is 0 Å². The third kappa shape index (κ3) is 2.67. The summed E-state index contributed by atoms with van der Waals surface area (Å²) in [5, 5.41) is 13.9. The van der Waals surface area contributed by atoms with E-state index < -0.39 is 4.92 Å². The van der Waals surface area contributed by atoms with E-state index >= 15 is 0 Å². The van der Waals surface area contributed by atoms with Crippen molar-refractivity contribution in [1.29, 1.82) is 0 Å². The first-order valence-electron chi connectivity index (χ1n) is 5.81. The monoisotopic (exact) mass is 294 g/mol. The van der Waals surface area contributed by atoms with Gasteiger partial charge in [-0.3, -0.25) is 10.1 Å². The summed E-state index contributed by atoms with van der Waals surface area (Å²) in [6.45, 7) is 2.42. The second-order valence-corrected chi connectivity index (χ2v) is 5.06. The van der Waals surface area contributed by atoms with Gasteiger partial charge < -0.3 is 10.2 Å². The van der Waals surface area contributed by atoms with Crippen molar-refractivity contribution >= 4 is 28.7 Å². The molecule has 0 aliphatic heterocycles. The second kappa shape index (κ2) is 5.78. The van der Waals surface area contributed by atoms with Crippen LogP contribution in [0.2, 0.25) is 0 Å². The van der Waals surface area contributed by atoms with Crippen LogP contribution in [0.5, 0.6) is 0 Å². The van der Waals surface area contributed by atoms with Crippen LogP contribution in [0.15, 0.2) is 11.8 Å². The lowest BCUT2D eigenvalue weighted by Crippen LogP contribution is -2.20. The molecule has 8 nitrogen and oxygen atoms in total. The Bertz CT molecular complexity index is 629. The lowest BCUT2D eigenvalue weighted by molar-refractivity contribution is -0.383. The second-order valence-electron chi connectivity index (χ2n) is 4.12. The lowest BCUT2D eigenvalue weighted by atomic mass is 10.3. The van der Waals surface area contributed by atoms with Gasteiger partial charge in [-0.2, -0.15) is 0 Å². The van der Waals surface area contributed by atoms with Gasteiger partial charge in [-0.1, -0.05) is 0 Å². The fourth-order valence-electron chi connectivity index (χ4n) is 1.77. The van der Waals surface area contributed by atoms with Crippen molar-refractivity contribution in [3.63, 3.8) is 0 Å². The van der Waals surface area contributed by atoms with E-state index in [1.807, 2.05) is 6.92 Å². The largest absolute Gasteiger partial charge is 0.367 e. The maximum atomic E-state index is 11.2. The number of nitrogens with zero attached hydrogens (tertiary/aromatic N) is 5. The molecule has 20 heavy (non-hydrogen) atoms. The molecule has 2 heterocycles. The highest BCUT2D eigenvalue weighted by molar-refractivity contribution is 7.09. The van der Waals surface area contributed by atoms with Gasteiger partial charge in [-0.25, -0.2) is 15.0 Å². The minimum Gasteiger partial charge on any atom is -0.367 e. The molecule has 0 saturated heterocycles. The first-order valence-corrected chi connectivity index (χ1v) is 6.69. The summed E-state index contributed by atoms with van der Waals surface area (Å²) in [7, 11) is 3.35. The fourth-order valence-corrected chi connectivity index (χ4v) is 2.60. The van der Waals surface area contributed by atoms with Crippen molar-refractivity contribution in [3.8, 4) is 0 Å². The molecule has 2 aromatic rings. The summed E-state index contributed by atoms with van der Waals surface area (Å²) in [6, 6.07) is 0. The number of nitro groups is 1. The maximum absolute atomic E-state index is 11.2. The first-order chi connectivity index (χ1) is 9.54. The number of thiazole rings is 1. The number of anilines is 2. The molecule has 0 radical (unpaired) electrons. The van der Waals surface area contributed by atoms with Crippen LogP contribution in [0.1, 0.15) is 10.6 Å². The Balaban J connectivity index is 2.37. The molecule has 2 aromatic heterocycles. The smallest absolute Gasteiger partial charge is 0.353 e. The van der Waals surface area contributed by atoms with Crippen LogP contribution in [0, 0.1) is 17.0 Å². The van der Waals surface area contributed by atoms with Crippen molar-refractivity contribution in [2.24, 2.45) is 0 Å². The third-order valence-electron chi connectivity index (χ3n) is 2.81. The van der Waals surface area contributed by atoms with Gasteiger partial charge in [0.1, 0.15) is 6.33 Å². The van der Waals surface area contributed by atoms with Gasteiger partial charge >= 0.3 is 5.69 Å². The SMILES string of the molecule is CNc1ncnc(N(C)Cc2scnc2C)c1[N+](=O)[O-]. The van der Waals surface area contributed by atoms with E-state index in [0.717, 1.165) is 10.6 Å². The maximum Gasteiger partial charge on any atom is 0.353 e. The van der Waals surface area contributed by atoms with Crippen LogP contribution in [0.4, 0.5) is 17.3 Å². The zero-order valence-electron chi connectivity index (χ0n) is 11.3. The van der Waals surface area contributed by atoms with Gasteiger partial charge in [0, 0.05) is 19.0 Å². The molecule has 0 spiro atoms. The Morgan fingerprint density at radius 2 is 2.20 bits per heavy atom. The average Bonchev–Trinajstić information content (AvgIpc) is 2.83. The topological polar surface area (TPSA) is 97.1 Å². The predicted molar refractivity (Wildman–Crippen MR) is 77.2 cm³/mol. The third-order valence-corrected chi connectivity index (χ3v) is 3.73. The van der Waals surface area contributed by atoms with E-state index in [1.54, 1.807) is 24.5 Å². The lowest BCUT2D eigenvalue weighted by Gasteiger charge is -2.17. The van der Waals surface area contributed by atoms with E-state index in [9.17, 15) is 10.1 Å². The minimum atomic E-state index is -0.475. The summed E-state index contributed by atoms with van der Waals surface area (Å²) in [5.74, 6) is 0.482. The quantitative estimate of drug-likeness (QED) is 0.663. The van der Waals surface area contributed by atoms with Crippen molar-refractivity contribution in [2.45, 2.75) is 13.5 Å². The Morgan fingerprint density at radius 1 is 1.45 bits per heavy atom. The number of aryl methyl sites for hydroxylation is 1. The van der Waals surface area contributed by atoms with Gasteiger partial charge in [-0.15, -0.1) is 11.3 Å². The predicted octanol–water partition coefficient (Wildman–Crippen LogP) is 1.83. The number of hydrogen-bond acceptors (Lipinski definition) is 8. The molecule has 0 unspecified atom stereocenters. The van der Waals surface area contributed by atoms with E-state index in [-0.39, 0.29) is 17.3 Å². The normalized spacial score (nSPS) is 10.3. The number of nitrogens with one attached hydrogen (secondary N) is 1. The molecule has 0 aliphatic rings. The summed E-state index contributed by atoms with van der Waals surface area (Å²) < 4.78 is 0. The molecule has 0 fully saturated rings. The summed E-state index contributed by atoms with van der Waals surface area (Å²) in [5.41, 5.74) is 2.55. The number of rotatable bonds is 5. The van der Waals surface area contributed by atoms with E-state index in [2.05, 4.69) is 20.3 Å². The van der Waals surface area contributed by atoms with Crippen LogP contribution in [-0.4, -0.2) is 34.0 Å². The highest BCUT2D eigenvalue weighted by Crippen LogP contribution is 2.31. The molecular formula is C11H14N6O2S. The van der Waals surface area contributed by atoms with Crippen LogP contribution < -0.4 is 10.2 Å². The molecule has 0 saturated carbocycles. The summed E-state index contributed by atoms with van der Waals surface area (Å²) in [6.07, 6.45) is 1.31. The number of hydrogen-bond donors (Lipinski definition) is 1. The van der Waals surface area contributed by atoms with E-state index in [4.69, 9.17) is 0 Å². The first kappa shape index (κ1) is 14.1. The van der Waals surface area contributed by atoms with Crippen LogP contribution in [0.3, 0.4) is 0 Å². The molecule has 106 valence electrons. The molecule has 0 amide bonds. The molecule has 9 heteroatoms. The molecule has 0 aliphatic carbocycles. The fraction of sp³-hybridized carbons (Fsp3) is 0.364. The van der Waals surface area contributed by atoms with Gasteiger partial charge in [0.05, 0.1) is 22.7 Å². The molecule has 2 rings (SSSR count). The van der Waals surface area contributed by atoms with Gasteiger partial charge in [0.2, 0.25) is 11.6 Å². The number of aromatic nitrogens is 3. The van der Waals surface area contributed by atoms with Gasteiger partial charge in [-0.05, 0) is 6.92 Å².